The van der Waals surface area contributed by atoms with Gasteiger partial charge < -0.3 is 15.4 Å². The van der Waals surface area contributed by atoms with Gasteiger partial charge in [-0.25, -0.2) is 9.50 Å². The Morgan fingerprint density at radius 2 is 1.96 bits per heavy atom. The summed E-state index contributed by atoms with van der Waals surface area (Å²) in [5, 5.41) is 8.59. The summed E-state index contributed by atoms with van der Waals surface area (Å²) in [6.07, 6.45) is 9.45. The van der Waals surface area contributed by atoms with Crippen LogP contribution in [0.1, 0.15) is 13.3 Å². The number of aromatic nitrogens is 5. The summed E-state index contributed by atoms with van der Waals surface area (Å²) in [4.78, 5) is 18.2. The number of rotatable bonds is 8. The van der Waals surface area contributed by atoms with Crippen LogP contribution < -0.4 is 10.6 Å². The van der Waals surface area contributed by atoms with Gasteiger partial charge in [-0.3, -0.25) is 9.48 Å². The van der Waals surface area contributed by atoms with Crippen LogP contribution in [0.15, 0.2) is 31.0 Å². The molecule has 3 heterocycles. The molecule has 10 heteroatoms. The average Bonchev–Trinajstić information content (AvgIpc) is 3.24. The van der Waals surface area contributed by atoms with Gasteiger partial charge in [0.2, 0.25) is 0 Å². The van der Waals surface area contributed by atoms with E-state index >= 15 is 0 Å². The average molecular weight is 394 g/mol. The molecule has 0 aliphatic carbocycles. The largest absolute Gasteiger partial charge is 0.466 e. The van der Waals surface area contributed by atoms with Gasteiger partial charge in [-0.15, -0.1) is 12.4 Å². The van der Waals surface area contributed by atoms with E-state index in [-0.39, 0.29) is 18.4 Å². The molecular weight excluding hydrogens is 370 g/mol. The highest BCUT2D eigenvalue weighted by atomic mass is 35.5. The molecule has 0 fully saturated rings. The van der Waals surface area contributed by atoms with E-state index in [1.54, 1.807) is 34.7 Å². The van der Waals surface area contributed by atoms with E-state index < -0.39 is 0 Å². The number of carbonyl (C=O) groups excluding carboxylic acids is 1. The second-order valence-electron chi connectivity index (χ2n) is 5.87. The first-order valence-corrected chi connectivity index (χ1v) is 8.55. The molecule has 0 spiro atoms. The molecule has 0 bridgehead atoms. The zero-order valence-corrected chi connectivity index (χ0v) is 16.2. The van der Waals surface area contributed by atoms with Gasteiger partial charge in [-0.1, -0.05) is 0 Å². The Morgan fingerprint density at radius 1 is 1.19 bits per heavy atom. The van der Waals surface area contributed by atoms with Gasteiger partial charge in [-0.2, -0.15) is 10.2 Å². The molecule has 0 saturated carbocycles. The van der Waals surface area contributed by atoms with Gasteiger partial charge in [0, 0.05) is 56.4 Å². The van der Waals surface area contributed by atoms with Crippen LogP contribution in [0.2, 0.25) is 0 Å². The lowest BCUT2D eigenvalue weighted by molar-refractivity contribution is -0.142. The predicted octanol–water partition coefficient (Wildman–Crippen LogP) is 1.27. The maximum Gasteiger partial charge on any atom is 0.307 e. The van der Waals surface area contributed by atoms with Crippen molar-refractivity contribution in [3.05, 3.63) is 31.0 Å². The Balaban J connectivity index is 0.00000261. The molecule has 3 aromatic rings. The molecule has 0 amide bonds. The number of hydrogen-bond donors (Lipinski definition) is 1. The molecule has 0 aromatic carbocycles. The number of halogens is 1. The predicted molar refractivity (Wildman–Crippen MR) is 105 cm³/mol. The van der Waals surface area contributed by atoms with Crippen molar-refractivity contribution in [1.29, 1.82) is 0 Å². The second kappa shape index (κ2) is 9.33. The summed E-state index contributed by atoms with van der Waals surface area (Å²) in [7, 11) is 1.87. The first-order chi connectivity index (χ1) is 12.6. The van der Waals surface area contributed by atoms with Gasteiger partial charge in [0.15, 0.2) is 5.65 Å². The third kappa shape index (κ3) is 4.75. The third-order valence-electron chi connectivity index (χ3n) is 4.01. The van der Waals surface area contributed by atoms with Crippen LogP contribution in [0, 0.1) is 0 Å². The van der Waals surface area contributed by atoms with E-state index in [1.165, 1.54) is 0 Å². The first kappa shape index (κ1) is 20.7. The molecule has 0 unspecified atom stereocenters. The van der Waals surface area contributed by atoms with Crippen molar-refractivity contribution in [2.45, 2.75) is 13.3 Å². The minimum absolute atomic E-state index is 0. The minimum atomic E-state index is -0.224. The zero-order valence-electron chi connectivity index (χ0n) is 15.4. The summed E-state index contributed by atoms with van der Waals surface area (Å²) >= 11 is 0. The number of aryl methyl sites for hydroxylation is 1. The van der Waals surface area contributed by atoms with Crippen LogP contribution in [0.25, 0.3) is 16.8 Å². The third-order valence-corrected chi connectivity index (χ3v) is 4.01. The van der Waals surface area contributed by atoms with E-state index in [9.17, 15) is 4.79 Å². The number of carbonyl (C=O) groups is 1. The molecule has 0 saturated heterocycles. The summed E-state index contributed by atoms with van der Waals surface area (Å²) in [5.41, 5.74) is 9.19. The van der Waals surface area contributed by atoms with Crippen LogP contribution in [0.4, 0.5) is 5.69 Å². The molecule has 146 valence electrons. The fourth-order valence-corrected chi connectivity index (χ4v) is 2.77. The maximum absolute atomic E-state index is 11.7. The molecule has 2 N–H and O–H groups in total. The minimum Gasteiger partial charge on any atom is -0.466 e. The van der Waals surface area contributed by atoms with Gasteiger partial charge in [0.25, 0.3) is 0 Å². The number of fused-ring (bicyclic) bond motifs is 1. The smallest absolute Gasteiger partial charge is 0.307 e. The van der Waals surface area contributed by atoms with Crippen LogP contribution in [-0.2, 0) is 16.6 Å². The molecule has 3 rings (SSSR count). The standard InChI is InChI=1S/C17H23N7O2.ClH/c1-3-26-16(25)4-6-23(7-5-18)15-10-21-24-12-13(8-19-17(15)24)14-9-20-22(2)11-14;/h8-12H,3-7,18H2,1-2H3;1H. The Morgan fingerprint density at radius 3 is 2.63 bits per heavy atom. The summed E-state index contributed by atoms with van der Waals surface area (Å²) in [6.45, 7) is 3.75. The second-order valence-corrected chi connectivity index (χ2v) is 5.87. The lowest BCUT2D eigenvalue weighted by Gasteiger charge is -2.22. The molecule has 9 nitrogen and oxygen atoms in total. The highest BCUT2D eigenvalue weighted by molar-refractivity contribution is 5.85. The van der Waals surface area contributed by atoms with Gasteiger partial charge in [-0.05, 0) is 6.92 Å². The van der Waals surface area contributed by atoms with E-state index in [0.717, 1.165) is 22.5 Å². The SMILES string of the molecule is CCOC(=O)CCN(CCN)c1cnn2cc(-c3cnn(C)c3)cnc12.Cl. The van der Waals surface area contributed by atoms with Crippen LogP contribution >= 0.6 is 12.4 Å². The number of nitrogens with zero attached hydrogens (tertiary/aromatic N) is 6. The quantitative estimate of drug-likeness (QED) is 0.574. The number of nitrogens with two attached hydrogens (primary N) is 1. The zero-order chi connectivity index (χ0) is 18.5. The molecule has 27 heavy (non-hydrogen) atoms. The van der Waals surface area contributed by atoms with Crippen molar-refractivity contribution in [2.24, 2.45) is 12.8 Å². The lowest BCUT2D eigenvalue weighted by Crippen LogP contribution is -2.31. The molecule has 0 radical (unpaired) electrons. The first-order valence-electron chi connectivity index (χ1n) is 8.55. The van der Waals surface area contributed by atoms with E-state index in [1.807, 2.05) is 24.3 Å². The van der Waals surface area contributed by atoms with Crippen LogP contribution in [0.5, 0.6) is 0 Å². The molecule has 3 aromatic heterocycles. The highest BCUT2D eigenvalue weighted by Crippen LogP contribution is 2.23. The van der Waals surface area contributed by atoms with E-state index in [2.05, 4.69) is 15.2 Å². The van der Waals surface area contributed by atoms with Crippen molar-refractivity contribution < 1.29 is 9.53 Å². The van der Waals surface area contributed by atoms with Gasteiger partial charge in [0.05, 0.1) is 25.4 Å². The summed E-state index contributed by atoms with van der Waals surface area (Å²) in [6, 6.07) is 0. The Labute approximate surface area is 163 Å². The monoisotopic (exact) mass is 393 g/mol. The fraction of sp³-hybridized carbons (Fsp3) is 0.412. The van der Waals surface area contributed by atoms with Crippen molar-refractivity contribution >= 4 is 29.7 Å². The van der Waals surface area contributed by atoms with Gasteiger partial charge in [0.1, 0.15) is 5.69 Å². The lowest BCUT2D eigenvalue weighted by atomic mass is 10.2. The molecule has 0 aliphatic rings. The number of esters is 1. The molecular formula is C17H24ClN7O2. The Hall–Kier alpha value is -2.65. The summed E-state index contributed by atoms with van der Waals surface area (Å²) in [5.74, 6) is -0.224. The topological polar surface area (TPSA) is 104 Å². The Kier molecular flexibility index (Phi) is 7.14. The van der Waals surface area contributed by atoms with E-state index in [0.29, 0.717) is 32.7 Å². The number of anilines is 1. The van der Waals surface area contributed by atoms with Crippen molar-refractivity contribution in [1.82, 2.24) is 24.4 Å². The van der Waals surface area contributed by atoms with Crippen molar-refractivity contribution in [3.8, 4) is 11.1 Å². The van der Waals surface area contributed by atoms with Crippen LogP contribution in [-0.4, -0.2) is 56.6 Å². The van der Waals surface area contributed by atoms with E-state index in [4.69, 9.17) is 10.5 Å². The van der Waals surface area contributed by atoms with Crippen molar-refractivity contribution in [2.75, 3.05) is 31.1 Å². The Bertz CT molecular complexity index is 892. The number of ether oxygens (including phenoxy) is 1. The summed E-state index contributed by atoms with van der Waals surface area (Å²) < 4.78 is 8.47. The number of hydrogen-bond acceptors (Lipinski definition) is 7. The maximum atomic E-state index is 11.7. The highest BCUT2D eigenvalue weighted by Gasteiger charge is 2.16. The van der Waals surface area contributed by atoms with Crippen molar-refractivity contribution in [3.63, 3.8) is 0 Å². The normalized spacial score (nSPS) is 10.6. The fourth-order valence-electron chi connectivity index (χ4n) is 2.77. The van der Waals surface area contributed by atoms with Crippen LogP contribution in [0.3, 0.4) is 0 Å². The molecule has 0 aliphatic heterocycles. The van der Waals surface area contributed by atoms with Gasteiger partial charge >= 0.3 is 5.97 Å². The molecule has 0 atom stereocenters.